The lowest BCUT2D eigenvalue weighted by Crippen LogP contribution is -2.57. The highest BCUT2D eigenvalue weighted by Gasteiger charge is 2.48. The summed E-state index contributed by atoms with van der Waals surface area (Å²) in [5.41, 5.74) is 2.15. The monoisotopic (exact) mass is 440 g/mol. The molecule has 4 rings (SSSR count). The number of hydrogen-bond acceptors (Lipinski definition) is 6. The Bertz CT molecular complexity index is 1060. The maximum absolute atomic E-state index is 14.1. The third-order valence-electron chi connectivity index (χ3n) is 5.05. The fourth-order valence-corrected chi connectivity index (χ4v) is 3.85. The van der Waals surface area contributed by atoms with Crippen molar-refractivity contribution in [1.82, 2.24) is 15.2 Å². The van der Waals surface area contributed by atoms with Crippen molar-refractivity contribution in [3.05, 3.63) is 52.8 Å². The van der Waals surface area contributed by atoms with Gasteiger partial charge in [-0.2, -0.15) is 0 Å². The van der Waals surface area contributed by atoms with Gasteiger partial charge >= 0.3 is 0 Å². The van der Waals surface area contributed by atoms with Crippen molar-refractivity contribution in [3.63, 3.8) is 0 Å². The van der Waals surface area contributed by atoms with Crippen LogP contribution in [0.1, 0.15) is 6.42 Å². The molecule has 0 aliphatic carbocycles. The minimum atomic E-state index is -3.24. The van der Waals surface area contributed by atoms with Crippen LogP contribution in [0.4, 0.5) is 14.6 Å². The van der Waals surface area contributed by atoms with Gasteiger partial charge in [-0.1, -0.05) is 46.6 Å². The number of fused-ring (bicyclic) bond motifs is 1. The molecule has 2 aromatic carbocycles. The third-order valence-corrected chi connectivity index (χ3v) is 5.79. The van der Waals surface area contributed by atoms with Crippen molar-refractivity contribution in [2.24, 2.45) is 0 Å². The molecule has 2 N–H and O–H groups in total. The molecule has 1 aromatic heterocycles. The van der Waals surface area contributed by atoms with E-state index in [0.29, 0.717) is 26.8 Å². The lowest BCUT2D eigenvalue weighted by molar-refractivity contribution is -0.360. The number of anilines is 1. The summed E-state index contributed by atoms with van der Waals surface area (Å²) in [6.07, 6.45) is 0.809. The fraction of sp³-hybridized carbons (Fsp3) is 0.263. The van der Waals surface area contributed by atoms with Gasteiger partial charge in [-0.05, 0) is 29.3 Å². The van der Waals surface area contributed by atoms with Gasteiger partial charge in [-0.15, -0.1) is 0 Å². The van der Waals surface area contributed by atoms with Gasteiger partial charge in [0.05, 0.1) is 20.9 Å². The van der Waals surface area contributed by atoms with Crippen molar-refractivity contribution in [2.75, 3.05) is 18.0 Å². The zero-order valence-corrected chi connectivity index (χ0v) is 16.4. The van der Waals surface area contributed by atoms with Crippen molar-refractivity contribution < 1.29 is 19.2 Å². The first-order valence-electron chi connectivity index (χ1n) is 8.77. The highest BCUT2D eigenvalue weighted by Crippen LogP contribution is 2.39. The van der Waals surface area contributed by atoms with Crippen LogP contribution in [-0.2, 0) is 0 Å². The van der Waals surface area contributed by atoms with Crippen LogP contribution in [0.25, 0.3) is 22.0 Å². The van der Waals surface area contributed by atoms with Gasteiger partial charge in [0.2, 0.25) is 0 Å². The van der Waals surface area contributed by atoms with Crippen LogP contribution in [0.5, 0.6) is 0 Å². The Morgan fingerprint density at radius 2 is 1.90 bits per heavy atom. The second kappa shape index (κ2) is 7.62. The topological polar surface area (TPSA) is 72.7 Å². The first-order valence-corrected chi connectivity index (χ1v) is 9.52. The molecular formula is C19H16Cl2F2N4O2. The Labute approximate surface area is 174 Å². The molecular weight excluding hydrogens is 425 g/mol. The Balaban J connectivity index is 1.85. The van der Waals surface area contributed by atoms with Crippen molar-refractivity contribution in [3.8, 4) is 11.1 Å². The molecule has 0 saturated carbocycles. The first kappa shape index (κ1) is 20.2. The Kier molecular flexibility index (Phi) is 5.30. The predicted molar refractivity (Wildman–Crippen MR) is 106 cm³/mol. The van der Waals surface area contributed by atoms with E-state index >= 15 is 0 Å². The predicted octanol–water partition coefficient (Wildman–Crippen LogP) is 4.90. The van der Waals surface area contributed by atoms with Crippen molar-refractivity contribution in [2.45, 2.75) is 18.4 Å². The van der Waals surface area contributed by atoms with Crippen molar-refractivity contribution >= 4 is 39.9 Å². The highest BCUT2D eigenvalue weighted by atomic mass is 35.5. The average molecular weight is 441 g/mol. The molecule has 1 aliphatic rings. The standard InChI is InChI=1S/C19H16Cl2F2N4O2/c20-13-5-4-11(8-14(13)21)12-2-1-3-15-17(12)18(25-10-24-15)26-7-6-19(22,23)16(9-26)27(28)29/h1-5,8,10,16,28-29H,6-7,9H2/t16-/m0/s1. The Morgan fingerprint density at radius 1 is 1.10 bits per heavy atom. The summed E-state index contributed by atoms with van der Waals surface area (Å²) < 4.78 is 28.2. The van der Waals surface area contributed by atoms with Crippen molar-refractivity contribution in [1.29, 1.82) is 0 Å². The zero-order chi connectivity index (χ0) is 20.8. The summed E-state index contributed by atoms with van der Waals surface area (Å²) in [6, 6.07) is 8.89. The maximum atomic E-state index is 14.1. The minimum Gasteiger partial charge on any atom is -0.354 e. The van der Waals surface area contributed by atoms with Crippen LogP contribution in [0, 0.1) is 0 Å². The Hall–Kier alpha value is -2.10. The average Bonchev–Trinajstić information content (AvgIpc) is 2.69. The lowest BCUT2D eigenvalue weighted by Gasteiger charge is -2.40. The van der Waals surface area contributed by atoms with E-state index < -0.39 is 23.6 Å². The molecule has 0 radical (unpaired) electrons. The number of hydrogen-bond donors (Lipinski definition) is 2. The molecule has 1 saturated heterocycles. The molecule has 2 heterocycles. The van der Waals surface area contributed by atoms with E-state index in [-0.39, 0.29) is 13.1 Å². The summed E-state index contributed by atoms with van der Waals surface area (Å²) in [5, 5.41) is 19.6. The first-order chi connectivity index (χ1) is 13.8. The van der Waals surface area contributed by atoms with E-state index in [4.69, 9.17) is 23.2 Å². The van der Waals surface area contributed by atoms with Gasteiger partial charge in [-0.25, -0.2) is 18.7 Å². The van der Waals surface area contributed by atoms with E-state index in [1.54, 1.807) is 29.2 Å². The maximum Gasteiger partial charge on any atom is 0.271 e. The number of hydroxylamine groups is 2. The second-order valence-corrected chi connectivity index (χ2v) is 7.63. The number of nitrogens with zero attached hydrogens (tertiary/aromatic N) is 4. The van der Waals surface area contributed by atoms with Crippen LogP contribution in [0.15, 0.2) is 42.7 Å². The van der Waals surface area contributed by atoms with E-state index in [2.05, 4.69) is 9.97 Å². The number of benzene rings is 2. The van der Waals surface area contributed by atoms with Gasteiger partial charge in [0.1, 0.15) is 18.2 Å². The smallest absolute Gasteiger partial charge is 0.271 e. The van der Waals surface area contributed by atoms with E-state index in [9.17, 15) is 19.2 Å². The fourth-order valence-electron chi connectivity index (χ4n) is 3.56. The lowest BCUT2D eigenvalue weighted by atomic mass is 9.98. The number of rotatable bonds is 3. The molecule has 10 heteroatoms. The molecule has 152 valence electrons. The molecule has 1 atom stereocenters. The minimum absolute atomic E-state index is 0.000832. The summed E-state index contributed by atoms with van der Waals surface area (Å²) in [5.74, 6) is -2.81. The molecule has 0 bridgehead atoms. The molecule has 1 fully saturated rings. The molecule has 6 nitrogen and oxygen atoms in total. The number of alkyl halides is 2. The van der Waals surface area contributed by atoms with E-state index in [0.717, 1.165) is 11.1 Å². The van der Waals surface area contributed by atoms with E-state index in [1.165, 1.54) is 6.33 Å². The summed E-state index contributed by atoms with van der Waals surface area (Å²) in [7, 11) is 0. The van der Waals surface area contributed by atoms with Gasteiger partial charge in [-0.3, -0.25) is 10.4 Å². The highest BCUT2D eigenvalue weighted by molar-refractivity contribution is 6.42. The molecule has 1 aliphatic heterocycles. The SMILES string of the molecule is ON(O)[C@H]1CN(c2ncnc3cccc(-c4ccc(Cl)c(Cl)c4)c23)CCC1(F)F. The normalized spacial score (nSPS) is 19.1. The van der Waals surface area contributed by atoms with Gasteiger partial charge in [0.25, 0.3) is 5.92 Å². The van der Waals surface area contributed by atoms with Gasteiger partial charge < -0.3 is 4.90 Å². The Morgan fingerprint density at radius 3 is 2.62 bits per heavy atom. The van der Waals surface area contributed by atoms with Crippen LogP contribution in [0.3, 0.4) is 0 Å². The van der Waals surface area contributed by atoms with Gasteiger partial charge in [0, 0.05) is 19.5 Å². The van der Waals surface area contributed by atoms with Crippen LogP contribution in [0.2, 0.25) is 10.0 Å². The number of aromatic nitrogens is 2. The summed E-state index contributed by atoms with van der Waals surface area (Å²) >= 11 is 12.2. The van der Waals surface area contributed by atoms with Crippen LogP contribution in [-0.4, -0.2) is 50.7 Å². The largest absolute Gasteiger partial charge is 0.354 e. The third kappa shape index (κ3) is 3.74. The number of halogens is 4. The summed E-state index contributed by atoms with van der Waals surface area (Å²) in [6.45, 7) is -0.318. The number of piperidine rings is 1. The second-order valence-electron chi connectivity index (χ2n) is 6.82. The van der Waals surface area contributed by atoms with Crippen LogP contribution >= 0.6 is 23.2 Å². The summed E-state index contributed by atoms with van der Waals surface area (Å²) in [4.78, 5) is 10.2. The molecule has 0 unspecified atom stereocenters. The van der Waals surface area contributed by atoms with Gasteiger partial charge in [0.15, 0.2) is 0 Å². The zero-order valence-electron chi connectivity index (χ0n) is 14.9. The molecule has 29 heavy (non-hydrogen) atoms. The van der Waals surface area contributed by atoms with E-state index in [1.807, 2.05) is 12.1 Å². The quantitative estimate of drug-likeness (QED) is 0.564. The van der Waals surface area contributed by atoms with Crippen LogP contribution < -0.4 is 4.90 Å². The molecule has 3 aromatic rings. The molecule has 0 amide bonds. The molecule has 0 spiro atoms.